The molecule has 0 bridgehead atoms. The molecule has 146 valence electrons. The first-order valence-corrected chi connectivity index (χ1v) is 8.83. The average Bonchev–Trinajstić information content (AvgIpc) is 2.90. The van der Waals surface area contributed by atoms with E-state index >= 15 is 0 Å². The molecule has 0 fully saturated rings. The fourth-order valence-electron chi connectivity index (χ4n) is 3.46. The number of hydrogen-bond acceptors (Lipinski definition) is 6. The van der Waals surface area contributed by atoms with Gasteiger partial charge in [-0.25, -0.2) is 0 Å². The van der Waals surface area contributed by atoms with Crippen molar-refractivity contribution in [2.45, 2.75) is 25.4 Å². The molecule has 1 heterocycles. The topological polar surface area (TPSA) is 110 Å². The lowest BCUT2D eigenvalue weighted by Gasteiger charge is -2.22. The van der Waals surface area contributed by atoms with Crippen molar-refractivity contribution >= 4 is 23.1 Å². The molecule has 0 saturated heterocycles. The van der Waals surface area contributed by atoms with Crippen LogP contribution in [0.1, 0.15) is 35.7 Å². The first-order chi connectivity index (χ1) is 13.3. The molecule has 0 aliphatic carbocycles. The summed E-state index contributed by atoms with van der Waals surface area (Å²) in [6, 6.07) is 10.6. The number of fused-ring (bicyclic) bond motifs is 1. The van der Waals surface area contributed by atoms with Crippen LogP contribution >= 0.6 is 0 Å². The second kappa shape index (κ2) is 7.40. The molecular formula is C20H20N2O6. The summed E-state index contributed by atoms with van der Waals surface area (Å²) in [7, 11) is 1.29. The molecule has 1 aliphatic heterocycles. The number of nitrogens with zero attached hydrogens (tertiary/aromatic N) is 2. The van der Waals surface area contributed by atoms with Crippen molar-refractivity contribution in [3.63, 3.8) is 0 Å². The summed E-state index contributed by atoms with van der Waals surface area (Å²) in [5.74, 6) is -1.11. The summed E-state index contributed by atoms with van der Waals surface area (Å²) >= 11 is 0. The number of nitro groups is 1. The van der Waals surface area contributed by atoms with Gasteiger partial charge in [-0.05, 0) is 24.6 Å². The van der Waals surface area contributed by atoms with Gasteiger partial charge in [0.15, 0.2) is 17.1 Å². The van der Waals surface area contributed by atoms with Gasteiger partial charge in [-0.3, -0.25) is 19.7 Å². The fraction of sp³-hybridized carbons (Fsp3) is 0.300. The van der Waals surface area contributed by atoms with Crippen molar-refractivity contribution in [2.24, 2.45) is 0 Å². The Kier molecular flexibility index (Phi) is 5.15. The highest BCUT2D eigenvalue weighted by molar-refractivity contribution is 6.10. The van der Waals surface area contributed by atoms with E-state index in [-0.39, 0.29) is 17.0 Å². The number of ether oxygens (including phenoxy) is 1. The minimum atomic E-state index is -2.00. The van der Waals surface area contributed by atoms with Crippen LogP contribution in [0.15, 0.2) is 42.5 Å². The van der Waals surface area contributed by atoms with Crippen molar-refractivity contribution in [3.05, 3.63) is 63.7 Å². The molecule has 1 aliphatic rings. The molecule has 8 nitrogen and oxygen atoms in total. The van der Waals surface area contributed by atoms with Gasteiger partial charge in [0.05, 0.1) is 24.1 Å². The van der Waals surface area contributed by atoms with Gasteiger partial charge in [0, 0.05) is 23.7 Å². The van der Waals surface area contributed by atoms with Crippen molar-refractivity contribution in [1.82, 2.24) is 0 Å². The van der Waals surface area contributed by atoms with Crippen LogP contribution in [0.3, 0.4) is 0 Å². The Hall–Kier alpha value is -3.26. The first kappa shape index (κ1) is 19.5. The predicted octanol–water partition coefficient (Wildman–Crippen LogP) is 2.82. The van der Waals surface area contributed by atoms with Crippen molar-refractivity contribution < 1.29 is 24.4 Å². The average molecular weight is 384 g/mol. The third-order valence-corrected chi connectivity index (χ3v) is 4.80. The molecule has 1 N–H and O–H groups in total. The Bertz CT molecular complexity index is 957. The van der Waals surface area contributed by atoms with Gasteiger partial charge in [0.1, 0.15) is 0 Å². The SMILES string of the molecule is CCCN1C(=O)[C@@](O)(CC(=O)c2ccc(OC)c([N+](=O)[O-])c2)c2ccccc21. The van der Waals surface area contributed by atoms with E-state index in [0.717, 1.165) is 6.07 Å². The van der Waals surface area contributed by atoms with E-state index in [9.17, 15) is 24.8 Å². The Morgan fingerprint density at radius 3 is 2.64 bits per heavy atom. The van der Waals surface area contributed by atoms with Crippen LogP contribution in [0.2, 0.25) is 0 Å². The second-order valence-corrected chi connectivity index (χ2v) is 6.58. The number of rotatable bonds is 7. The Morgan fingerprint density at radius 1 is 1.29 bits per heavy atom. The van der Waals surface area contributed by atoms with Crippen LogP contribution in [0, 0.1) is 10.1 Å². The highest BCUT2D eigenvalue weighted by Gasteiger charge is 2.50. The van der Waals surface area contributed by atoms with E-state index in [1.54, 1.807) is 24.3 Å². The molecule has 0 saturated carbocycles. The lowest BCUT2D eigenvalue weighted by Crippen LogP contribution is -2.42. The van der Waals surface area contributed by atoms with Crippen LogP contribution in [0.25, 0.3) is 0 Å². The molecule has 2 aromatic carbocycles. The maximum absolute atomic E-state index is 12.9. The maximum atomic E-state index is 12.9. The number of nitro benzene ring substituents is 1. The van der Waals surface area contributed by atoms with Gasteiger partial charge in [-0.1, -0.05) is 25.1 Å². The number of para-hydroxylation sites is 1. The lowest BCUT2D eigenvalue weighted by atomic mass is 9.88. The second-order valence-electron chi connectivity index (χ2n) is 6.58. The highest BCUT2D eigenvalue weighted by Crippen LogP contribution is 2.43. The molecular weight excluding hydrogens is 364 g/mol. The largest absolute Gasteiger partial charge is 0.490 e. The number of ketones is 1. The summed E-state index contributed by atoms with van der Waals surface area (Å²) in [4.78, 5) is 37.7. The highest BCUT2D eigenvalue weighted by atomic mass is 16.6. The lowest BCUT2D eigenvalue weighted by molar-refractivity contribution is -0.385. The smallest absolute Gasteiger partial charge is 0.311 e. The number of methoxy groups -OCH3 is 1. The van der Waals surface area contributed by atoms with E-state index in [1.165, 1.54) is 24.1 Å². The predicted molar refractivity (Wildman–Crippen MR) is 102 cm³/mol. The quantitative estimate of drug-likeness (QED) is 0.446. The first-order valence-electron chi connectivity index (χ1n) is 8.83. The number of benzene rings is 2. The number of Topliss-reactive ketones (excluding diaryl/α,β-unsaturated/α-hetero) is 1. The fourth-order valence-corrected chi connectivity index (χ4v) is 3.46. The van der Waals surface area contributed by atoms with Gasteiger partial charge in [-0.2, -0.15) is 0 Å². The zero-order chi connectivity index (χ0) is 20.5. The summed E-state index contributed by atoms with van der Waals surface area (Å²) in [6.07, 6.45) is 0.182. The van der Waals surface area contributed by atoms with Crippen LogP contribution < -0.4 is 9.64 Å². The Balaban J connectivity index is 1.97. The summed E-state index contributed by atoms with van der Waals surface area (Å²) in [5.41, 5.74) is -1.39. The van der Waals surface area contributed by atoms with Gasteiger partial charge in [0.25, 0.3) is 5.91 Å². The number of anilines is 1. The van der Waals surface area contributed by atoms with E-state index in [0.29, 0.717) is 24.2 Å². The standard InChI is InChI=1S/C20H20N2O6/c1-3-10-21-15-7-5-4-6-14(15)20(25,19(21)24)12-17(23)13-8-9-18(28-2)16(11-13)22(26)27/h4-9,11,25H,3,10,12H2,1-2H3/t20-/m1/s1. The number of hydrogen-bond donors (Lipinski definition) is 1. The third kappa shape index (κ3) is 3.11. The molecule has 1 amide bonds. The molecule has 1 atom stereocenters. The zero-order valence-electron chi connectivity index (χ0n) is 15.5. The minimum absolute atomic E-state index is 0.0247. The van der Waals surface area contributed by atoms with E-state index in [1.807, 2.05) is 6.92 Å². The number of aliphatic hydroxyl groups is 1. The van der Waals surface area contributed by atoms with Gasteiger partial charge in [0.2, 0.25) is 0 Å². The minimum Gasteiger partial charge on any atom is -0.490 e. The molecule has 0 radical (unpaired) electrons. The number of carbonyl (C=O) groups is 2. The normalized spacial score (nSPS) is 18.1. The summed E-state index contributed by atoms with van der Waals surface area (Å²) in [6.45, 7) is 2.33. The monoisotopic (exact) mass is 384 g/mol. The molecule has 0 unspecified atom stereocenters. The van der Waals surface area contributed by atoms with Crippen LogP contribution in [0.4, 0.5) is 11.4 Å². The number of amides is 1. The van der Waals surface area contributed by atoms with Gasteiger partial charge >= 0.3 is 5.69 Å². The Morgan fingerprint density at radius 2 is 2.00 bits per heavy atom. The third-order valence-electron chi connectivity index (χ3n) is 4.80. The van der Waals surface area contributed by atoms with E-state index < -0.39 is 28.6 Å². The van der Waals surface area contributed by atoms with Crippen molar-refractivity contribution in [1.29, 1.82) is 0 Å². The summed E-state index contributed by atoms with van der Waals surface area (Å²) < 4.78 is 4.94. The number of carbonyl (C=O) groups excluding carboxylic acids is 2. The van der Waals surface area contributed by atoms with Crippen LogP contribution in [-0.4, -0.2) is 35.4 Å². The molecule has 2 aromatic rings. The summed E-state index contributed by atoms with van der Waals surface area (Å²) in [5, 5.41) is 22.3. The van der Waals surface area contributed by atoms with E-state index in [4.69, 9.17) is 4.74 Å². The molecule has 8 heteroatoms. The van der Waals surface area contributed by atoms with Gasteiger partial charge in [-0.15, -0.1) is 0 Å². The molecule has 0 aromatic heterocycles. The van der Waals surface area contributed by atoms with Crippen LogP contribution in [0.5, 0.6) is 5.75 Å². The zero-order valence-corrected chi connectivity index (χ0v) is 15.5. The molecule has 0 spiro atoms. The van der Waals surface area contributed by atoms with Crippen molar-refractivity contribution in [2.75, 3.05) is 18.6 Å². The van der Waals surface area contributed by atoms with Crippen LogP contribution in [-0.2, 0) is 10.4 Å². The molecule has 28 heavy (non-hydrogen) atoms. The van der Waals surface area contributed by atoms with E-state index in [2.05, 4.69) is 0 Å². The van der Waals surface area contributed by atoms with Gasteiger partial charge < -0.3 is 14.7 Å². The Labute approximate surface area is 161 Å². The van der Waals surface area contributed by atoms with Crippen molar-refractivity contribution in [3.8, 4) is 5.75 Å². The molecule has 3 rings (SSSR count). The maximum Gasteiger partial charge on any atom is 0.311 e.